The summed E-state index contributed by atoms with van der Waals surface area (Å²) < 4.78 is 54.8. The number of carbonyl (C=O) groups excluding carboxylic acids is 2. The van der Waals surface area contributed by atoms with Gasteiger partial charge in [0.05, 0.1) is 55.2 Å². The van der Waals surface area contributed by atoms with Gasteiger partial charge < -0.3 is 78.2 Å². The van der Waals surface area contributed by atoms with Gasteiger partial charge in [0.15, 0.2) is 24.7 Å². The molecule has 0 saturated carbocycles. The maximum atomic E-state index is 13.8. The van der Waals surface area contributed by atoms with Gasteiger partial charge in [-0.05, 0) is 80.0 Å². The predicted molar refractivity (Wildman–Crippen MR) is 231 cm³/mol. The maximum absolute atomic E-state index is 13.8. The van der Waals surface area contributed by atoms with Crippen LogP contribution in [0.3, 0.4) is 0 Å². The monoisotopic (exact) mass is 918 g/mol. The van der Waals surface area contributed by atoms with Crippen LogP contribution in [0.5, 0.6) is 0 Å². The average molecular weight is 918 g/mol. The van der Waals surface area contributed by atoms with E-state index in [2.05, 4.69) is 0 Å². The first-order valence-corrected chi connectivity index (χ1v) is 22.8. The van der Waals surface area contributed by atoms with Gasteiger partial charge in [0.2, 0.25) is 0 Å². The van der Waals surface area contributed by atoms with Crippen LogP contribution in [-0.4, -0.2) is 193 Å². The number of esters is 1. The molecule has 64 heavy (non-hydrogen) atoms. The van der Waals surface area contributed by atoms with Crippen LogP contribution < -0.4 is 0 Å². The number of nitrogens with zero attached hydrogens (tertiary/aromatic N) is 1. The van der Waals surface area contributed by atoms with Crippen LogP contribution in [0.15, 0.2) is 23.8 Å². The van der Waals surface area contributed by atoms with E-state index in [0.717, 1.165) is 0 Å². The molecule has 4 aliphatic heterocycles. The Hall–Kier alpha value is -1.98. The minimum absolute atomic E-state index is 0.00151. The molecule has 18 nitrogen and oxygen atoms in total. The van der Waals surface area contributed by atoms with Gasteiger partial charge >= 0.3 is 5.97 Å². The van der Waals surface area contributed by atoms with Crippen molar-refractivity contribution in [3.8, 4) is 0 Å². The van der Waals surface area contributed by atoms with E-state index in [1.165, 1.54) is 27.2 Å². The Bertz CT molecular complexity index is 1530. The zero-order valence-electron chi connectivity index (χ0n) is 39.9. The highest BCUT2D eigenvalue weighted by Crippen LogP contribution is 2.38. The average Bonchev–Trinajstić information content (AvgIpc) is 3.23. The van der Waals surface area contributed by atoms with Crippen LogP contribution in [0.2, 0.25) is 0 Å². The van der Waals surface area contributed by atoms with E-state index in [-0.39, 0.29) is 38.3 Å². The molecular formula is C46H79NO17. The molecule has 18 heteroatoms. The minimum Gasteiger partial charge on any atom is -0.462 e. The third kappa shape index (κ3) is 13.6. The maximum Gasteiger partial charge on any atom is 0.308 e. The summed E-state index contributed by atoms with van der Waals surface area (Å²) in [5.74, 6) is -3.31. The lowest BCUT2D eigenvalue weighted by Crippen LogP contribution is -2.65. The quantitative estimate of drug-likeness (QED) is 0.144. The van der Waals surface area contributed by atoms with Gasteiger partial charge in [0.1, 0.15) is 42.7 Å². The summed E-state index contributed by atoms with van der Waals surface area (Å²) >= 11 is 0. The summed E-state index contributed by atoms with van der Waals surface area (Å²) in [7, 11) is 6.47. The number of cyclic esters (lactones) is 1. The van der Waals surface area contributed by atoms with E-state index in [0.29, 0.717) is 12.0 Å². The topological polar surface area (TPSA) is 242 Å². The van der Waals surface area contributed by atoms with E-state index in [1.807, 2.05) is 19.9 Å². The molecule has 4 heterocycles. The molecule has 0 aromatic rings. The van der Waals surface area contributed by atoms with Gasteiger partial charge in [-0.2, -0.15) is 0 Å². The van der Waals surface area contributed by atoms with Crippen molar-refractivity contribution in [3.63, 3.8) is 0 Å². The summed E-state index contributed by atoms with van der Waals surface area (Å²) in [4.78, 5) is 29.3. The molecule has 3 fully saturated rings. The van der Waals surface area contributed by atoms with Gasteiger partial charge in [-0.15, -0.1) is 0 Å². The molecule has 0 aliphatic carbocycles. The van der Waals surface area contributed by atoms with Gasteiger partial charge in [0.25, 0.3) is 0 Å². The summed E-state index contributed by atoms with van der Waals surface area (Å²) in [6.07, 6.45) is -8.52. The van der Waals surface area contributed by atoms with Gasteiger partial charge in [-0.1, -0.05) is 38.5 Å². The lowest BCUT2D eigenvalue weighted by molar-refractivity contribution is -0.342. The second-order valence-corrected chi connectivity index (χ2v) is 18.9. The molecule has 4 aliphatic rings. The molecule has 0 spiro atoms. The van der Waals surface area contributed by atoms with Crippen molar-refractivity contribution in [3.05, 3.63) is 23.8 Å². The van der Waals surface area contributed by atoms with E-state index in [9.17, 15) is 40.2 Å². The normalized spacial score (nSPS) is 46.0. The number of likely N-dealkylation sites (N-methyl/N-ethyl adjacent to an activating group) is 1. The van der Waals surface area contributed by atoms with Crippen LogP contribution in [-0.2, 0) is 52.2 Å². The molecule has 0 aromatic heterocycles. The highest BCUT2D eigenvalue weighted by Gasteiger charge is 2.52. The number of ether oxygens (including phenoxy) is 9. The van der Waals surface area contributed by atoms with E-state index >= 15 is 0 Å². The number of rotatable bonds is 13. The zero-order valence-corrected chi connectivity index (χ0v) is 39.9. The molecule has 21 atom stereocenters. The Morgan fingerprint density at radius 3 is 2.09 bits per heavy atom. The molecule has 6 N–H and O–H groups in total. The Labute approximate surface area is 379 Å². The first-order valence-electron chi connectivity index (χ1n) is 22.8. The Kier molecular flexibility index (Phi) is 20.8. The van der Waals surface area contributed by atoms with Gasteiger partial charge in [0, 0.05) is 45.0 Å². The van der Waals surface area contributed by atoms with Crippen LogP contribution in [0.25, 0.3) is 0 Å². The molecule has 3 saturated heterocycles. The molecule has 0 radical (unpaired) electrons. The third-order valence-electron chi connectivity index (χ3n) is 13.5. The van der Waals surface area contributed by atoms with E-state index < -0.39 is 140 Å². The smallest absolute Gasteiger partial charge is 0.308 e. The highest BCUT2D eigenvalue weighted by molar-refractivity contribution is 5.91. The van der Waals surface area contributed by atoms with Crippen molar-refractivity contribution in [1.29, 1.82) is 0 Å². The second-order valence-electron chi connectivity index (χ2n) is 18.9. The zero-order chi connectivity index (χ0) is 47.8. The van der Waals surface area contributed by atoms with Crippen molar-refractivity contribution < 1.29 is 82.9 Å². The number of allylic oxidation sites excluding steroid dienone is 3. The van der Waals surface area contributed by atoms with Gasteiger partial charge in [-0.3, -0.25) is 9.59 Å². The van der Waals surface area contributed by atoms with Crippen LogP contribution in [0.4, 0.5) is 0 Å². The summed E-state index contributed by atoms with van der Waals surface area (Å²) in [5.41, 5.74) is -0.782. The largest absolute Gasteiger partial charge is 0.462 e. The number of carbonyl (C=O) groups is 2. The standard InChI is InChI=1S/C46H79NO17/c1-13-33-30(22-58-45-42(57-12)41(56-11)37(52)26(5)60-45)18-23(2)14-15-31(49)24(3)19-29(16-17-48)39(25(4)32(50)20-34(51)62-33)64-44-38(53)36(47(9)10)40(27(6)61-44)63-35-21-46(8,55)43(54)28(7)59-35/h14-15,18,24-30,32-33,35-45,48,50,52-55H,13,16-17,19-22H2,1-12H3/b15-14+,23-18+/t24-,25+,26?,27?,28?,29+,30-,32-,33-,35?,36?,37?,38?,39-,40?,41?,42?,43?,44?,45?,46?/m1/s1. The Morgan fingerprint density at radius 2 is 1.50 bits per heavy atom. The Balaban J connectivity index is 1.62. The van der Waals surface area contributed by atoms with Crippen LogP contribution >= 0.6 is 0 Å². The van der Waals surface area contributed by atoms with Gasteiger partial charge in [-0.25, -0.2) is 0 Å². The number of ketones is 1. The highest BCUT2D eigenvalue weighted by atomic mass is 16.7. The fourth-order valence-electron chi connectivity index (χ4n) is 9.60. The Morgan fingerprint density at radius 1 is 0.844 bits per heavy atom. The molecular weight excluding hydrogens is 838 g/mol. The molecule has 370 valence electrons. The van der Waals surface area contributed by atoms with Crippen LogP contribution in [0, 0.1) is 23.7 Å². The molecule has 0 bridgehead atoms. The van der Waals surface area contributed by atoms with E-state index in [4.69, 9.17) is 42.6 Å². The lowest BCUT2D eigenvalue weighted by atomic mass is 9.79. The summed E-state index contributed by atoms with van der Waals surface area (Å²) in [6.45, 7) is 13.5. The minimum atomic E-state index is -1.48. The van der Waals surface area contributed by atoms with Crippen molar-refractivity contribution >= 4 is 11.8 Å². The number of aliphatic hydroxyl groups excluding tert-OH is 5. The molecule has 0 amide bonds. The first kappa shape index (κ1) is 54.6. The fraction of sp³-hybridized carbons (Fsp3) is 0.870. The number of hydrogen-bond acceptors (Lipinski definition) is 18. The molecule has 14 unspecified atom stereocenters. The van der Waals surface area contributed by atoms with E-state index in [1.54, 1.807) is 59.7 Å². The SMILES string of the molecule is CC[C@H]1OC(=O)C[C@@H](O)[C@H](C)[C@@H](OC2OC(C)C(OC3CC(C)(O)C(O)C(C)O3)C(N(C)C)C2O)[C@@H](CCO)C[C@@H](C)C(=O)/C=C/C(C)=C/[C@@H]1COC1OC(C)C(O)C(OC)C1OC. The molecule has 0 aromatic carbocycles. The van der Waals surface area contributed by atoms with Crippen molar-refractivity contribution in [2.24, 2.45) is 23.7 Å². The fourth-order valence-corrected chi connectivity index (χ4v) is 9.60. The van der Waals surface area contributed by atoms with Crippen molar-refractivity contribution in [1.82, 2.24) is 4.90 Å². The molecule has 4 rings (SSSR count). The van der Waals surface area contributed by atoms with Crippen LogP contribution in [0.1, 0.15) is 87.5 Å². The lowest BCUT2D eigenvalue weighted by Gasteiger charge is -2.50. The number of aliphatic hydroxyl groups is 6. The summed E-state index contributed by atoms with van der Waals surface area (Å²) in [6, 6.07) is -0.728. The van der Waals surface area contributed by atoms with Crippen molar-refractivity contribution in [2.45, 2.75) is 191 Å². The predicted octanol–water partition coefficient (Wildman–Crippen LogP) is 1.63. The first-order chi connectivity index (χ1) is 30.1. The second kappa shape index (κ2) is 24.3. The number of methoxy groups -OCH3 is 2. The number of hydrogen-bond donors (Lipinski definition) is 6. The van der Waals surface area contributed by atoms with Crippen molar-refractivity contribution in [2.75, 3.05) is 41.5 Å². The summed E-state index contributed by atoms with van der Waals surface area (Å²) in [5, 5.41) is 66.2. The third-order valence-corrected chi connectivity index (χ3v) is 13.5.